The van der Waals surface area contributed by atoms with Crippen molar-refractivity contribution in [3.63, 3.8) is 0 Å². The SMILES string of the molecule is Cc1ccc2c(c1)CN(CCN(C)C)CCn1c-2c([C@@H]2CCCC[C@H]2F)c2ccc(C(=O)O)cc21. The van der Waals surface area contributed by atoms with Crippen LogP contribution in [0.25, 0.3) is 22.2 Å². The lowest BCUT2D eigenvalue weighted by molar-refractivity contribution is 0.0697. The summed E-state index contributed by atoms with van der Waals surface area (Å²) in [6.07, 6.45) is 2.54. The Balaban J connectivity index is 1.75. The summed E-state index contributed by atoms with van der Waals surface area (Å²) in [4.78, 5) is 16.5. The number of carbonyl (C=O) groups is 1. The molecule has 35 heavy (non-hydrogen) atoms. The quantitative estimate of drug-likeness (QED) is 0.513. The van der Waals surface area contributed by atoms with Gasteiger partial charge in [-0.05, 0) is 57.1 Å². The normalized spacial score (nSPS) is 20.9. The van der Waals surface area contributed by atoms with Crippen LogP contribution in [0.5, 0.6) is 0 Å². The van der Waals surface area contributed by atoms with Gasteiger partial charge in [0.05, 0.1) is 11.3 Å². The van der Waals surface area contributed by atoms with E-state index in [4.69, 9.17) is 0 Å². The third-order valence-electron chi connectivity index (χ3n) is 7.82. The minimum atomic E-state index is -0.931. The van der Waals surface area contributed by atoms with Gasteiger partial charge in [-0.15, -0.1) is 0 Å². The maximum Gasteiger partial charge on any atom is 0.335 e. The number of rotatable bonds is 5. The van der Waals surface area contributed by atoms with Gasteiger partial charge in [-0.3, -0.25) is 4.90 Å². The van der Waals surface area contributed by atoms with Crippen molar-refractivity contribution in [3.05, 3.63) is 58.7 Å². The van der Waals surface area contributed by atoms with Gasteiger partial charge in [0, 0.05) is 55.1 Å². The molecule has 6 heteroatoms. The highest BCUT2D eigenvalue weighted by Gasteiger charge is 2.34. The summed E-state index contributed by atoms with van der Waals surface area (Å²) in [5.41, 5.74) is 7.00. The Kier molecular flexibility index (Phi) is 6.69. The van der Waals surface area contributed by atoms with Crippen LogP contribution in [0, 0.1) is 6.92 Å². The van der Waals surface area contributed by atoms with E-state index in [2.05, 4.69) is 53.6 Å². The van der Waals surface area contributed by atoms with Gasteiger partial charge in [0.1, 0.15) is 6.17 Å². The molecule has 5 rings (SSSR count). The van der Waals surface area contributed by atoms with Crippen molar-refractivity contribution in [1.82, 2.24) is 14.4 Å². The van der Waals surface area contributed by atoms with Crippen LogP contribution < -0.4 is 0 Å². The molecular weight excluding hydrogens is 441 g/mol. The molecule has 0 bridgehead atoms. The van der Waals surface area contributed by atoms with Gasteiger partial charge in [-0.25, -0.2) is 9.18 Å². The van der Waals surface area contributed by atoms with Crippen LogP contribution in [0.3, 0.4) is 0 Å². The number of nitrogens with zero attached hydrogens (tertiary/aromatic N) is 3. The average molecular weight is 478 g/mol. The number of aryl methyl sites for hydroxylation is 1. The number of aromatic nitrogens is 1. The Labute approximate surface area is 207 Å². The van der Waals surface area contributed by atoms with E-state index in [9.17, 15) is 9.90 Å². The highest BCUT2D eigenvalue weighted by Crippen LogP contribution is 2.46. The Morgan fingerprint density at radius 1 is 1.11 bits per heavy atom. The van der Waals surface area contributed by atoms with E-state index >= 15 is 4.39 Å². The molecule has 1 aromatic heterocycles. The topological polar surface area (TPSA) is 48.7 Å². The van der Waals surface area contributed by atoms with E-state index < -0.39 is 12.1 Å². The first-order chi connectivity index (χ1) is 16.8. The first-order valence-electron chi connectivity index (χ1n) is 12.8. The fourth-order valence-corrected chi connectivity index (χ4v) is 6.00. The predicted molar refractivity (Wildman–Crippen MR) is 139 cm³/mol. The maximum absolute atomic E-state index is 15.5. The van der Waals surface area contributed by atoms with Gasteiger partial charge < -0.3 is 14.6 Å². The fraction of sp³-hybridized carbons (Fsp3) is 0.483. The van der Waals surface area contributed by atoms with Crippen molar-refractivity contribution in [2.75, 3.05) is 33.7 Å². The average Bonchev–Trinajstić information content (AvgIpc) is 3.12. The van der Waals surface area contributed by atoms with Crippen molar-refractivity contribution in [1.29, 1.82) is 0 Å². The fourth-order valence-electron chi connectivity index (χ4n) is 6.00. The van der Waals surface area contributed by atoms with Crippen molar-refractivity contribution in [2.24, 2.45) is 0 Å². The molecule has 1 saturated carbocycles. The largest absolute Gasteiger partial charge is 0.478 e. The summed E-state index contributed by atoms with van der Waals surface area (Å²) < 4.78 is 17.7. The van der Waals surface area contributed by atoms with Crippen molar-refractivity contribution in [3.8, 4) is 11.3 Å². The molecule has 2 atom stereocenters. The number of likely N-dealkylation sites (N-methyl/N-ethyl adjacent to an activating group) is 1. The van der Waals surface area contributed by atoms with Gasteiger partial charge >= 0.3 is 5.97 Å². The molecule has 0 spiro atoms. The summed E-state index contributed by atoms with van der Waals surface area (Å²) in [5, 5.41) is 10.7. The zero-order chi connectivity index (χ0) is 24.7. The second-order valence-electron chi connectivity index (χ2n) is 10.6. The lowest BCUT2D eigenvalue weighted by Crippen LogP contribution is -2.35. The van der Waals surface area contributed by atoms with Crippen molar-refractivity contribution < 1.29 is 14.3 Å². The van der Waals surface area contributed by atoms with Gasteiger partial charge in [-0.1, -0.05) is 42.7 Å². The summed E-state index contributed by atoms with van der Waals surface area (Å²) in [6, 6.07) is 12.0. The van der Waals surface area contributed by atoms with Crippen LogP contribution in [0.2, 0.25) is 0 Å². The molecule has 0 unspecified atom stereocenters. The Hall–Kier alpha value is -2.70. The van der Waals surface area contributed by atoms with Crippen LogP contribution in [0.15, 0.2) is 36.4 Å². The number of halogens is 1. The van der Waals surface area contributed by atoms with E-state index in [1.807, 2.05) is 6.07 Å². The molecule has 3 aromatic rings. The number of fused-ring (bicyclic) bond motifs is 5. The highest BCUT2D eigenvalue weighted by molar-refractivity contribution is 5.98. The second-order valence-corrected chi connectivity index (χ2v) is 10.6. The van der Waals surface area contributed by atoms with Gasteiger partial charge in [0.15, 0.2) is 0 Å². The van der Waals surface area contributed by atoms with Crippen LogP contribution in [-0.2, 0) is 13.1 Å². The summed E-state index contributed by atoms with van der Waals surface area (Å²) in [7, 11) is 4.19. The van der Waals surface area contributed by atoms with Crippen LogP contribution >= 0.6 is 0 Å². The predicted octanol–water partition coefficient (Wildman–Crippen LogP) is 5.69. The number of aromatic carboxylic acids is 1. The minimum absolute atomic E-state index is 0.156. The lowest BCUT2D eigenvalue weighted by Gasteiger charge is -2.31. The number of carboxylic acid groups (broad SMARTS) is 1. The van der Waals surface area contributed by atoms with Crippen molar-refractivity contribution >= 4 is 16.9 Å². The Morgan fingerprint density at radius 3 is 2.66 bits per heavy atom. The molecule has 1 aliphatic heterocycles. The molecule has 5 nitrogen and oxygen atoms in total. The van der Waals surface area contributed by atoms with E-state index in [1.165, 1.54) is 11.1 Å². The maximum atomic E-state index is 15.5. The molecule has 1 N–H and O–H groups in total. The second kappa shape index (κ2) is 9.75. The molecule has 1 aliphatic carbocycles. The first kappa shape index (κ1) is 24.0. The van der Waals surface area contributed by atoms with Gasteiger partial charge in [-0.2, -0.15) is 0 Å². The minimum Gasteiger partial charge on any atom is -0.478 e. The summed E-state index contributed by atoms with van der Waals surface area (Å²) >= 11 is 0. The number of benzene rings is 2. The first-order valence-corrected chi connectivity index (χ1v) is 12.8. The van der Waals surface area contributed by atoms with Crippen molar-refractivity contribution in [2.45, 2.75) is 57.8 Å². The summed E-state index contributed by atoms with van der Waals surface area (Å²) in [6.45, 7) is 6.52. The monoisotopic (exact) mass is 477 g/mol. The number of hydrogen-bond acceptors (Lipinski definition) is 3. The molecule has 0 saturated heterocycles. The third kappa shape index (κ3) is 4.62. The number of alkyl halides is 1. The van der Waals surface area contributed by atoms with Crippen LogP contribution in [0.4, 0.5) is 4.39 Å². The zero-order valence-electron chi connectivity index (χ0n) is 21.1. The highest BCUT2D eigenvalue weighted by atomic mass is 19.1. The Bertz CT molecular complexity index is 1250. The third-order valence-corrected chi connectivity index (χ3v) is 7.82. The van der Waals surface area contributed by atoms with E-state index in [1.54, 1.807) is 12.1 Å². The van der Waals surface area contributed by atoms with E-state index in [0.29, 0.717) is 6.42 Å². The number of hydrogen-bond donors (Lipinski definition) is 1. The molecule has 2 heterocycles. The number of carboxylic acids is 1. The van der Waals surface area contributed by atoms with Gasteiger partial charge in [0.25, 0.3) is 0 Å². The lowest BCUT2D eigenvalue weighted by atomic mass is 9.80. The standard InChI is InChI=1S/C29H36FN3O2/c1-19-8-10-22-21(16-19)18-32(13-12-31(2)3)14-15-33-26-17-20(29(34)35)9-11-24(26)27(28(22)33)23-6-4-5-7-25(23)30/h8-11,16-17,23,25H,4-7,12-15,18H2,1-3H3,(H,34,35)/t23-,25-/m1/s1. The van der Waals surface area contributed by atoms with Gasteiger partial charge in [0.2, 0.25) is 0 Å². The van der Waals surface area contributed by atoms with Crippen LogP contribution in [-0.4, -0.2) is 65.3 Å². The molecular formula is C29H36FN3O2. The molecule has 0 amide bonds. The molecule has 1 fully saturated rings. The molecule has 186 valence electrons. The molecule has 2 aromatic carbocycles. The Morgan fingerprint density at radius 2 is 1.91 bits per heavy atom. The molecule has 0 radical (unpaired) electrons. The van der Waals surface area contributed by atoms with E-state index in [0.717, 1.165) is 79.7 Å². The smallest absolute Gasteiger partial charge is 0.335 e. The zero-order valence-corrected chi connectivity index (χ0v) is 21.1. The summed E-state index contributed by atoms with van der Waals surface area (Å²) in [5.74, 6) is -1.09. The van der Waals surface area contributed by atoms with Crippen LogP contribution in [0.1, 0.15) is 58.6 Å². The van der Waals surface area contributed by atoms with E-state index in [-0.39, 0.29) is 11.5 Å². The molecule has 2 aliphatic rings.